The van der Waals surface area contributed by atoms with Crippen LogP contribution in [0.3, 0.4) is 0 Å². The van der Waals surface area contributed by atoms with Crippen molar-refractivity contribution in [3.63, 3.8) is 0 Å². The molecule has 0 unspecified atom stereocenters. The Morgan fingerprint density at radius 1 is 0.909 bits per heavy atom. The number of thioether (sulfide) groups is 1. The van der Waals surface area contributed by atoms with Gasteiger partial charge in [0.15, 0.2) is 16.7 Å². The molecule has 166 valence electrons. The summed E-state index contributed by atoms with van der Waals surface area (Å²) >= 11 is 1.42. The summed E-state index contributed by atoms with van der Waals surface area (Å²) in [5.41, 5.74) is 3.02. The van der Waals surface area contributed by atoms with Crippen molar-refractivity contribution in [3.05, 3.63) is 94.9 Å². The average molecular weight is 457 g/mol. The fourth-order valence-electron chi connectivity index (χ4n) is 3.79. The van der Waals surface area contributed by atoms with Crippen molar-refractivity contribution < 1.29 is 14.3 Å². The van der Waals surface area contributed by atoms with Gasteiger partial charge in [-0.05, 0) is 66.1 Å². The van der Waals surface area contributed by atoms with Gasteiger partial charge in [-0.15, -0.1) is 0 Å². The highest BCUT2D eigenvalue weighted by Crippen LogP contribution is 2.37. The van der Waals surface area contributed by atoms with Crippen LogP contribution < -0.4 is 14.4 Å². The first-order chi connectivity index (χ1) is 16.3. The molecule has 0 N–H and O–H groups in total. The van der Waals surface area contributed by atoms with Gasteiger partial charge in [0, 0.05) is 6.54 Å². The molecule has 1 saturated heterocycles. The van der Waals surface area contributed by atoms with Gasteiger partial charge in [0.05, 0.1) is 10.6 Å². The molecule has 5 nitrogen and oxygen atoms in total. The Morgan fingerprint density at radius 3 is 2.42 bits per heavy atom. The van der Waals surface area contributed by atoms with Gasteiger partial charge in [0.2, 0.25) is 0 Å². The van der Waals surface area contributed by atoms with Crippen LogP contribution in [0.1, 0.15) is 17.5 Å². The van der Waals surface area contributed by atoms with E-state index in [0.29, 0.717) is 35.6 Å². The van der Waals surface area contributed by atoms with Crippen molar-refractivity contribution in [3.8, 4) is 11.5 Å². The summed E-state index contributed by atoms with van der Waals surface area (Å²) in [5, 5.41) is 0.711. The highest BCUT2D eigenvalue weighted by atomic mass is 32.2. The Bertz CT molecular complexity index is 1190. The number of rotatable bonds is 6. The lowest BCUT2D eigenvalue weighted by molar-refractivity contribution is -0.113. The van der Waals surface area contributed by atoms with Gasteiger partial charge in [-0.3, -0.25) is 14.7 Å². The molecule has 2 aliphatic heterocycles. The first kappa shape index (κ1) is 21.3. The van der Waals surface area contributed by atoms with Crippen molar-refractivity contribution in [1.29, 1.82) is 0 Å². The monoisotopic (exact) mass is 456 g/mol. The molecule has 0 aliphatic carbocycles. The Morgan fingerprint density at radius 2 is 1.64 bits per heavy atom. The normalized spacial score (nSPS) is 17.7. The minimum Gasteiger partial charge on any atom is -0.486 e. The highest BCUT2D eigenvalue weighted by Gasteiger charge is 2.34. The van der Waals surface area contributed by atoms with E-state index in [-0.39, 0.29) is 5.91 Å². The van der Waals surface area contributed by atoms with Gasteiger partial charge >= 0.3 is 0 Å². The molecule has 3 aromatic rings. The highest BCUT2D eigenvalue weighted by molar-refractivity contribution is 8.19. The summed E-state index contributed by atoms with van der Waals surface area (Å²) in [5.74, 6) is 1.38. The SMILES string of the molecule is O=C1C(=Cc2ccc3c(c2)OCCO3)SC(=NCCCc2ccccc2)N1c1ccccc1. The summed E-state index contributed by atoms with van der Waals surface area (Å²) < 4.78 is 11.3. The number of hydrogen-bond donors (Lipinski definition) is 0. The van der Waals surface area contributed by atoms with Crippen LogP contribution in [0.25, 0.3) is 6.08 Å². The number of nitrogens with zero attached hydrogens (tertiary/aromatic N) is 2. The van der Waals surface area contributed by atoms with Crippen molar-refractivity contribution in [2.75, 3.05) is 24.7 Å². The first-order valence-corrected chi connectivity index (χ1v) is 11.9. The Kier molecular flexibility index (Phi) is 6.44. The molecular formula is C27H24N2O3S. The van der Waals surface area contributed by atoms with Gasteiger partial charge in [-0.2, -0.15) is 0 Å². The minimum absolute atomic E-state index is 0.0668. The lowest BCUT2D eigenvalue weighted by Gasteiger charge is -2.18. The summed E-state index contributed by atoms with van der Waals surface area (Å²) in [7, 11) is 0. The van der Waals surface area contributed by atoms with Crippen LogP contribution in [0, 0.1) is 0 Å². The number of aryl methyl sites for hydroxylation is 1. The number of carbonyl (C=O) groups excluding carboxylic acids is 1. The van der Waals surface area contributed by atoms with Crippen LogP contribution in [-0.4, -0.2) is 30.8 Å². The van der Waals surface area contributed by atoms with Crippen LogP contribution >= 0.6 is 11.8 Å². The second-order valence-electron chi connectivity index (χ2n) is 7.74. The summed E-state index contributed by atoms with van der Waals surface area (Å²) in [6.07, 6.45) is 3.78. The van der Waals surface area contributed by atoms with Crippen LogP contribution in [0.15, 0.2) is 88.8 Å². The van der Waals surface area contributed by atoms with Crippen molar-refractivity contribution in [2.45, 2.75) is 12.8 Å². The first-order valence-electron chi connectivity index (χ1n) is 11.0. The van der Waals surface area contributed by atoms with E-state index in [2.05, 4.69) is 24.3 Å². The molecule has 0 atom stereocenters. The molecule has 1 fully saturated rings. The van der Waals surface area contributed by atoms with E-state index in [4.69, 9.17) is 14.5 Å². The smallest absolute Gasteiger partial charge is 0.271 e. The Hall–Kier alpha value is -3.51. The number of ether oxygens (including phenoxy) is 2. The second kappa shape index (κ2) is 9.96. The van der Waals surface area contributed by atoms with Crippen LogP contribution in [0.4, 0.5) is 5.69 Å². The number of amidine groups is 1. The summed E-state index contributed by atoms with van der Waals surface area (Å²) in [6.45, 7) is 1.74. The molecule has 1 amide bonds. The number of carbonyl (C=O) groups is 1. The average Bonchev–Trinajstić information content (AvgIpc) is 3.17. The quantitative estimate of drug-likeness (QED) is 0.360. The summed E-state index contributed by atoms with van der Waals surface area (Å²) in [6, 6.07) is 25.8. The standard InChI is InChI=1S/C27H24N2O3S/c30-26-25(19-21-13-14-23-24(18-21)32-17-16-31-23)33-27(29(26)22-11-5-2-6-12-22)28-15-7-10-20-8-3-1-4-9-20/h1-6,8-9,11-14,18-19H,7,10,15-17H2. The molecule has 33 heavy (non-hydrogen) atoms. The zero-order valence-corrected chi connectivity index (χ0v) is 19.0. The number of benzene rings is 3. The number of fused-ring (bicyclic) bond motifs is 1. The molecular weight excluding hydrogens is 432 g/mol. The van der Waals surface area contributed by atoms with E-state index < -0.39 is 0 Å². The summed E-state index contributed by atoms with van der Waals surface area (Å²) in [4.78, 5) is 20.5. The van der Waals surface area contributed by atoms with Crippen molar-refractivity contribution >= 4 is 34.6 Å². The van der Waals surface area contributed by atoms with E-state index in [1.807, 2.05) is 60.7 Å². The predicted octanol–water partition coefficient (Wildman–Crippen LogP) is 5.57. The molecule has 0 bridgehead atoms. The molecule has 3 aromatic carbocycles. The van der Waals surface area contributed by atoms with Gasteiger partial charge in [0.1, 0.15) is 13.2 Å². The van der Waals surface area contributed by atoms with Crippen molar-refractivity contribution in [2.24, 2.45) is 4.99 Å². The molecule has 6 heteroatoms. The number of hydrogen-bond acceptors (Lipinski definition) is 5. The predicted molar refractivity (Wildman–Crippen MR) is 134 cm³/mol. The lowest BCUT2D eigenvalue weighted by atomic mass is 10.1. The maximum absolute atomic E-state index is 13.4. The van der Waals surface area contributed by atoms with Crippen LogP contribution in [-0.2, 0) is 11.2 Å². The number of anilines is 1. The fourth-order valence-corrected chi connectivity index (χ4v) is 4.79. The molecule has 0 spiro atoms. The van der Waals surface area contributed by atoms with E-state index in [9.17, 15) is 4.79 Å². The molecule has 0 saturated carbocycles. The largest absolute Gasteiger partial charge is 0.486 e. The van der Waals surface area contributed by atoms with Crippen LogP contribution in [0.2, 0.25) is 0 Å². The fraction of sp³-hybridized carbons (Fsp3) is 0.185. The molecule has 2 heterocycles. The van der Waals surface area contributed by atoms with E-state index in [1.165, 1.54) is 17.3 Å². The third-order valence-electron chi connectivity index (χ3n) is 5.40. The van der Waals surface area contributed by atoms with E-state index in [1.54, 1.807) is 4.90 Å². The minimum atomic E-state index is -0.0668. The maximum Gasteiger partial charge on any atom is 0.271 e. The lowest BCUT2D eigenvalue weighted by Crippen LogP contribution is -2.29. The van der Waals surface area contributed by atoms with Crippen molar-refractivity contribution in [1.82, 2.24) is 0 Å². The van der Waals surface area contributed by atoms with Gasteiger partial charge in [-0.25, -0.2) is 0 Å². The number of amides is 1. The Balaban J connectivity index is 1.37. The maximum atomic E-state index is 13.4. The third kappa shape index (κ3) is 4.96. The zero-order valence-electron chi connectivity index (χ0n) is 18.1. The Labute approximate surface area is 197 Å². The second-order valence-corrected chi connectivity index (χ2v) is 8.75. The van der Waals surface area contributed by atoms with Crippen LogP contribution in [0.5, 0.6) is 11.5 Å². The zero-order chi connectivity index (χ0) is 22.5. The topological polar surface area (TPSA) is 51.1 Å². The third-order valence-corrected chi connectivity index (χ3v) is 6.40. The van der Waals surface area contributed by atoms with E-state index in [0.717, 1.165) is 29.8 Å². The number of aliphatic imine (C=N–C) groups is 1. The van der Waals surface area contributed by atoms with Gasteiger partial charge in [0.25, 0.3) is 5.91 Å². The molecule has 2 aliphatic rings. The van der Waals surface area contributed by atoms with Gasteiger partial charge < -0.3 is 9.47 Å². The number of para-hydroxylation sites is 1. The van der Waals surface area contributed by atoms with E-state index >= 15 is 0 Å². The molecule has 0 radical (unpaired) electrons. The molecule has 5 rings (SSSR count). The molecule has 0 aromatic heterocycles. The van der Waals surface area contributed by atoms with Gasteiger partial charge in [-0.1, -0.05) is 54.6 Å².